The molecular weight excluding hydrogens is 391 g/mol. The van der Waals surface area contributed by atoms with Gasteiger partial charge in [-0.15, -0.1) is 11.3 Å². The van der Waals surface area contributed by atoms with Crippen LogP contribution in [0.2, 0.25) is 5.02 Å². The molecule has 0 aliphatic rings. The normalized spacial score (nSPS) is 10.3. The molecule has 2 aromatic carbocycles. The summed E-state index contributed by atoms with van der Waals surface area (Å²) in [6.45, 7) is 0. The van der Waals surface area contributed by atoms with Crippen molar-refractivity contribution in [1.82, 2.24) is 4.98 Å². The van der Waals surface area contributed by atoms with Crippen LogP contribution in [0.4, 0.5) is 25.7 Å². The Kier molecular flexibility index (Phi) is 6.00. The minimum Gasteiger partial charge on any atom is -0.326 e. The summed E-state index contributed by atoms with van der Waals surface area (Å²) in [7, 11) is 0. The van der Waals surface area contributed by atoms with Crippen LogP contribution in [0.25, 0.3) is 0 Å². The molecule has 0 saturated carbocycles. The van der Waals surface area contributed by atoms with Crippen LogP contribution in [-0.4, -0.2) is 16.9 Å². The third kappa shape index (κ3) is 5.77. The second kappa shape index (κ2) is 8.61. The Hall–Kier alpha value is -2.97. The molecule has 0 aliphatic carbocycles. The van der Waals surface area contributed by atoms with Gasteiger partial charge in [0.1, 0.15) is 5.82 Å². The number of benzene rings is 2. The van der Waals surface area contributed by atoms with Crippen LogP contribution in [-0.2, 0) is 11.2 Å². The molecule has 0 unspecified atom stereocenters. The predicted molar refractivity (Wildman–Crippen MR) is 105 cm³/mol. The number of thiazole rings is 1. The van der Waals surface area contributed by atoms with Crippen molar-refractivity contribution in [3.05, 3.63) is 70.4 Å². The Bertz CT molecular complexity index is 903. The zero-order valence-electron chi connectivity index (χ0n) is 13.8. The highest BCUT2D eigenvalue weighted by atomic mass is 35.5. The van der Waals surface area contributed by atoms with E-state index in [0.29, 0.717) is 27.2 Å². The topological polar surface area (TPSA) is 83.1 Å². The standard InChI is InChI=1S/C18H14ClFN4O2S/c19-11-3-1-5-13(7-11)22-17(26)24-18-23-15(10-27-18)9-16(25)21-14-6-2-4-12(20)8-14/h1-8,10H,9H2,(H,21,25)(H2,22,23,24,26). The van der Waals surface area contributed by atoms with Gasteiger partial charge < -0.3 is 10.6 Å². The van der Waals surface area contributed by atoms with E-state index in [1.165, 1.54) is 29.5 Å². The van der Waals surface area contributed by atoms with Gasteiger partial charge in [0.25, 0.3) is 0 Å². The van der Waals surface area contributed by atoms with Gasteiger partial charge >= 0.3 is 6.03 Å². The molecule has 3 aromatic rings. The zero-order chi connectivity index (χ0) is 19.2. The van der Waals surface area contributed by atoms with Crippen molar-refractivity contribution in [2.75, 3.05) is 16.0 Å². The molecule has 3 amide bonds. The van der Waals surface area contributed by atoms with Crippen LogP contribution in [0, 0.1) is 5.82 Å². The number of urea groups is 1. The highest BCUT2D eigenvalue weighted by Gasteiger charge is 2.11. The maximum Gasteiger partial charge on any atom is 0.325 e. The SMILES string of the molecule is O=C(Cc1csc(NC(=O)Nc2cccc(Cl)c2)n1)Nc1cccc(F)c1. The van der Waals surface area contributed by atoms with Crippen LogP contribution in [0.1, 0.15) is 5.69 Å². The van der Waals surface area contributed by atoms with Crippen molar-refractivity contribution in [1.29, 1.82) is 0 Å². The van der Waals surface area contributed by atoms with E-state index in [9.17, 15) is 14.0 Å². The quantitative estimate of drug-likeness (QED) is 0.573. The summed E-state index contributed by atoms with van der Waals surface area (Å²) in [6, 6.07) is 11.9. The molecule has 27 heavy (non-hydrogen) atoms. The lowest BCUT2D eigenvalue weighted by atomic mass is 10.3. The summed E-state index contributed by atoms with van der Waals surface area (Å²) in [5, 5.41) is 10.3. The van der Waals surface area contributed by atoms with Crippen molar-refractivity contribution in [3.63, 3.8) is 0 Å². The molecule has 0 aliphatic heterocycles. The van der Waals surface area contributed by atoms with E-state index in [0.717, 1.165) is 0 Å². The number of nitrogens with one attached hydrogen (secondary N) is 3. The number of hydrogen-bond donors (Lipinski definition) is 3. The molecule has 0 atom stereocenters. The van der Waals surface area contributed by atoms with Gasteiger partial charge in [0, 0.05) is 21.8 Å². The Morgan fingerprint density at radius 3 is 2.52 bits per heavy atom. The Morgan fingerprint density at radius 2 is 1.78 bits per heavy atom. The lowest BCUT2D eigenvalue weighted by Crippen LogP contribution is -2.19. The molecule has 0 spiro atoms. The summed E-state index contributed by atoms with van der Waals surface area (Å²) in [6.07, 6.45) is 0.00457. The largest absolute Gasteiger partial charge is 0.326 e. The van der Waals surface area contributed by atoms with Gasteiger partial charge in [-0.05, 0) is 36.4 Å². The van der Waals surface area contributed by atoms with Crippen molar-refractivity contribution in [2.45, 2.75) is 6.42 Å². The van der Waals surface area contributed by atoms with Crippen LogP contribution >= 0.6 is 22.9 Å². The smallest absolute Gasteiger partial charge is 0.325 e. The lowest BCUT2D eigenvalue weighted by Gasteiger charge is -2.05. The van der Waals surface area contributed by atoms with Crippen LogP contribution in [0.3, 0.4) is 0 Å². The summed E-state index contributed by atoms with van der Waals surface area (Å²) in [4.78, 5) is 28.2. The monoisotopic (exact) mass is 404 g/mol. The summed E-state index contributed by atoms with van der Waals surface area (Å²) < 4.78 is 13.1. The predicted octanol–water partition coefficient (Wildman–Crippen LogP) is 4.76. The average molecular weight is 405 g/mol. The molecular formula is C18H14ClFN4O2S. The van der Waals surface area contributed by atoms with E-state index in [-0.39, 0.29) is 12.3 Å². The molecule has 138 valence electrons. The van der Waals surface area contributed by atoms with Crippen molar-refractivity contribution >= 4 is 51.4 Å². The molecule has 6 nitrogen and oxygen atoms in total. The second-order valence-corrected chi connectivity index (χ2v) is 6.76. The van der Waals surface area contributed by atoms with Crippen molar-refractivity contribution in [2.24, 2.45) is 0 Å². The van der Waals surface area contributed by atoms with Gasteiger partial charge in [-0.25, -0.2) is 14.2 Å². The number of aromatic nitrogens is 1. The maximum atomic E-state index is 13.1. The molecule has 0 bridgehead atoms. The molecule has 0 fully saturated rings. The summed E-state index contributed by atoms with van der Waals surface area (Å²) in [5.74, 6) is -0.764. The van der Waals surface area contributed by atoms with Crippen LogP contribution in [0.15, 0.2) is 53.9 Å². The second-order valence-electron chi connectivity index (χ2n) is 5.47. The Balaban J connectivity index is 1.53. The third-order valence-electron chi connectivity index (χ3n) is 3.30. The summed E-state index contributed by atoms with van der Waals surface area (Å²) >= 11 is 7.06. The summed E-state index contributed by atoms with van der Waals surface area (Å²) in [5.41, 5.74) is 1.41. The van der Waals surface area contributed by atoms with Crippen LogP contribution < -0.4 is 16.0 Å². The van der Waals surface area contributed by atoms with Gasteiger partial charge in [0.2, 0.25) is 5.91 Å². The molecule has 3 rings (SSSR count). The highest BCUT2D eigenvalue weighted by Crippen LogP contribution is 2.18. The van der Waals surface area contributed by atoms with Gasteiger partial charge in [-0.2, -0.15) is 0 Å². The number of amides is 3. The van der Waals surface area contributed by atoms with Gasteiger partial charge in [0.05, 0.1) is 12.1 Å². The third-order valence-corrected chi connectivity index (χ3v) is 4.35. The number of carbonyl (C=O) groups excluding carboxylic acids is 2. The van der Waals surface area contributed by atoms with Gasteiger partial charge in [-0.3, -0.25) is 10.1 Å². The number of rotatable bonds is 5. The van der Waals surface area contributed by atoms with E-state index in [2.05, 4.69) is 20.9 Å². The number of halogens is 2. The first kappa shape index (κ1) is 18.8. The van der Waals surface area contributed by atoms with Crippen LogP contribution in [0.5, 0.6) is 0 Å². The average Bonchev–Trinajstić information content (AvgIpc) is 3.01. The zero-order valence-corrected chi connectivity index (χ0v) is 15.4. The molecule has 3 N–H and O–H groups in total. The molecule has 0 saturated heterocycles. The fourth-order valence-corrected chi connectivity index (χ4v) is 3.10. The molecule has 9 heteroatoms. The number of nitrogens with zero attached hydrogens (tertiary/aromatic N) is 1. The first-order chi connectivity index (χ1) is 13.0. The number of carbonyl (C=O) groups is 2. The van der Waals surface area contributed by atoms with E-state index in [1.807, 2.05) is 0 Å². The van der Waals surface area contributed by atoms with E-state index in [1.54, 1.807) is 35.7 Å². The van der Waals surface area contributed by atoms with E-state index in [4.69, 9.17) is 11.6 Å². The fraction of sp³-hybridized carbons (Fsp3) is 0.0556. The maximum absolute atomic E-state index is 13.1. The minimum atomic E-state index is -0.470. The minimum absolute atomic E-state index is 0.00457. The van der Waals surface area contributed by atoms with Gasteiger partial charge in [0.15, 0.2) is 5.13 Å². The van der Waals surface area contributed by atoms with E-state index >= 15 is 0 Å². The number of anilines is 3. The molecule has 1 heterocycles. The lowest BCUT2D eigenvalue weighted by molar-refractivity contribution is -0.115. The molecule has 1 aromatic heterocycles. The number of hydrogen-bond acceptors (Lipinski definition) is 4. The fourth-order valence-electron chi connectivity index (χ4n) is 2.21. The van der Waals surface area contributed by atoms with E-state index < -0.39 is 11.8 Å². The first-order valence-electron chi connectivity index (χ1n) is 7.81. The highest BCUT2D eigenvalue weighted by molar-refractivity contribution is 7.14. The Labute approximate surface area is 163 Å². The van der Waals surface area contributed by atoms with Crippen molar-refractivity contribution in [3.8, 4) is 0 Å². The molecule has 0 radical (unpaired) electrons. The van der Waals surface area contributed by atoms with Crippen molar-refractivity contribution < 1.29 is 14.0 Å². The van der Waals surface area contributed by atoms with Gasteiger partial charge in [-0.1, -0.05) is 23.7 Å². The Morgan fingerprint density at radius 1 is 1.04 bits per heavy atom. The first-order valence-corrected chi connectivity index (χ1v) is 9.07.